The van der Waals surface area contributed by atoms with E-state index < -0.39 is 0 Å². The van der Waals surface area contributed by atoms with E-state index in [0.29, 0.717) is 6.61 Å². The van der Waals surface area contributed by atoms with E-state index in [1.54, 1.807) is 7.11 Å². The highest BCUT2D eigenvalue weighted by Crippen LogP contribution is 2.24. The lowest BCUT2D eigenvalue weighted by atomic mass is 10.2. The maximum atomic E-state index is 5.57. The number of hydrogen-bond donors (Lipinski definition) is 1. The van der Waals surface area contributed by atoms with Crippen LogP contribution in [0.3, 0.4) is 0 Å². The van der Waals surface area contributed by atoms with Crippen molar-refractivity contribution in [3.8, 4) is 11.5 Å². The van der Waals surface area contributed by atoms with E-state index in [9.17, 15) is 0 Å². The summed E-state index contributed by atoms with van der Waals surface area (Å²) in [5.41, 5.74) is 1.10. The molecule has 0 fully saturated rings. The molecule has 0 spiro atoms. The van der Waals surface area contributed by atoms with Crippen LogP contribution in [0.1, 0.15) is 19.4 Å². The molecule has 1 aromatic carbocycles. The lowest BCUT2D eigenvalue weighted by Crippen LogP contribution is -2.13. The van der Waals surface area contributed by atoms with Gasteiger partial charge in [-0.05, 0) is 19.5 Å². The number of ether oxygens (including phenoxy) is 3. The molecule has 0 unspecified atom stereocenters. The molecule has 1 aromatic rings. The Bertz CT molecular complexity index is 328. The number of methoxy groups -OCH3 is 1. The Morgan fingerprint density at radius 3 is 2.71 bits per heavy atom. The van der Waals surface area contributed by atoms with Crippen LogP contribution in [0.25, 0.3) is 0 Å². The van der Waals surface area contributed by atoms with Crippen molar-refractivity contribution in [2.75, 3.05) is 27.1 Å². The molecule has 0 aliphatic heterocycles. The number of nitrogens with one attached hydrogen (secondary N) is 1. The van der Waals surface area contributed by atoms with Crippen LogP contribution in [-0.4, -0.2) is 27.1 Å². The maximum absolute atomic E-state index is 5.57. The van der Waals surface area contributed by atoms with Gasteiger partial charge in [0, 0.05) is 24.8 Å². The average molecular weight is 239 g/mol. The van der Waals surface area contributed by atoms with Crippen molar-refractivity contribution in [1.82, 2.24) is 5.32 Å². The van der Waals surface area contributed by atoms with Crippen molar-refractivity contribution in [3.05, 3.63) is 23.8 Å². The van der Waals surface area contributed by atoms with Crippen LogP contribution in [0, 0.1) is 0 Å². The van der Waals surface area contributed by atoms with Crippen LogP contribution in [0.5, 0.6) is 11.5 Å². The first-order chi connectivity index (χ1) is 8.31. The van der Waals surface area contributed by atoms with Crippen molar-refractivity contribution in [2.24, 2.45) is 0 Å². The van der Waals surface area contributed by atoms with Crippen LogP contribution in [0.4, 0.5) is 0 Å². The highest BCUT2D eigenvalue weighted by Gasteiger charge is 2.05. The zero-order valence-corrected chi connectivity index (χ0v) is 10.8. The summed E-state index contributed by atoms with van der Waals surface area (Å²) in [6.45, 7) is 6.63. The van der Waals surface area contributed by atoms with Gasteiger partial charge in [0.05, 0.1) is 7.11 Å². The first-order valence-corrected chi connectivity index (χ1v) is 5.90. The lowest BCUT2D eigenvalue weighted by molar-refractivity contribution is 0.0217. The Hall–Kier alpha value is -1.26. The molecule has 4 nitrogen and oxygen atoms in total. The van der Waals surface area contributed by atoms with E-state index in [-0.39, 0.29) is 6.79 Å². The minimum atomic E-state index is 0.267. The molecule has 0 atom stereocenters. The predicted octanol–water partition coefficient (Wildman–Crippen LogP) is 2.18. The molecule has 0 radical (unpaired) electrons. The first-order valence-electron chi connectivity index (χ1n) is 5.90. The van der Waals surface area contributed by atoms with Gasteiger partial charge < -0.3 is 19.5 Å². The third-order valence-electron chi connectivity index (χ3n) is 2.34. The van der Waals surface area contributed by atoms with E-state index in [0.717, 1.165) is 30.2 Å². The smallest absolute Gasteiger partial charge is 0.189 e. The summed E-state index contributed by atoms with van der Waals surface area (Å²) in [4.78, 5) is 0. The normalized spacial score (nSPS) is 10.3. The van der Waals surface area contributed by atoms with E-state index >= 15 is 0 Å². The molecule has 0 amide bonds. The quantitative estimate of drug-likeness (QED) is 0.557. The Kier molecular flexibility index (Phi) is 6.43. The Balaban J connectivity index is 2.71. The zero-order chi connectivity index (χ0) is 12.5. The molecule has 17 heavy (non-hydrogen) atoms. The highest BCUT2D eigenvalue weighted by molar-refractivity contribution is 5.40. The maximum Gasteiger partial charge on any atom is 0.189 e. The van der Waals surface area contributed by atoms with Gasteiger partial charge in [0.15, 0.2) is 6.79 Å². The minimum absolute atomic E-state index is 0.267. The first kappa shape index (κ1) is 13.8. The molecule has 0 saturated heterocycles. The molecule has 0 aromatic heterocycles. The van der Waals surface area contributed by atoms with E-state index in [4.69, 9.17) is 14.2 Å². The van der Waals surface area contributed by atoms with Crippen LogP contribution in [0.2, 0.25) is 0 Å². The van der Waals surface area contributed by atoms with E-state index in [1.165, 1.54) is 0 Å². The Morgan fingerprint density at radius 2 is 2.06 bits per heavy atom. The fraction of sp³-hybridized carbons (Fsp3) is 0.538. The van der Waals surface area contributed by atoms with Gasteiger partial charge in [-0.1, -0.05) is 13.0 Å². The second-order valence-electron chi connectivity index (χ2n) is 3.51. The Morgan fingerprint density at radius 1 is 1.24 bits per heavy atom. The summed E-state index contributed by atoms with van der Waals surface area (Å²) < 4.78 is 15.9. The van der Waals surface area contributed by atoms with Gasteiger partial charge >= 0.3 is 0 Å². The van der Waals surface area contributed by atoms with Crippen molar-refractivity contribution in [3.63, 3.8) is 0 Å². The second kappa shape index (κ2) is 7.92. The third kappa shape index (κ3) is 4.63. The van der Waals surface area contributed by atoms with Crippen molar-refractivity contribution in [2.45, 2.75) is 20.4 Å². The molecular weight excluding hydrogens is 218 g/mol. The van der Waals surface area contributed by atoms with Gasteiger partial charge in [0.25, 0.3) is 0 Å². The van der Waals surface area contributed by atoms with Gasteiger partial charge in [0.1, 0.15) is 11.5 Å². The van der Waals surface area contributed by atoms with Crippen molar-refractivity contribution < 1.29 is 14.2 Å². The number of hydrogen-bond acceptors (Lipinski definition) is 4. The van der Waals surface area contributed by atoms with E-state index in [1.807, 2.05) is 25.1 Å². The molecule has 0 aliphatic rings. The molecule has 96 valence electrons. The summed E-state index contributed by atoms with van der Waals surface area (Å²) in [7, 11) is 1.64. The molecule has 0 aliphatic carbocycles. The topological polar surface area (TPSA) is 39.7 Å². The van der Waals surface area contributed by atoms with E-state index in [2.05, 4.69) is 12.2 Å². The minimum Gasteiger partial charge on any atom is -0.497 e. The van der Waals surface area contributed by atoms with Crippen molar-refractivity contribution in [1.29, 1.82) is 0 Å². The highest BCUT2D eigenvalue weighted by atomic mass is 16.7. The average Bonchev–Trinajstić information content (AvgIpc) is 2.37. The lowest BCUT2D eigenvalue weighted by Gasteiger charge is -2.13. The van der Waals surface area contributed by atoms with Gasteiger partial charge in [-0.25, -0.2) is 0 Å². The molecule has 1 rings (SSSR count). The summed E-state index contributed by atoms with van der Waals surface area (Å²) in [6, 6.07) is 5.81. The SMILES string of the molecule is CCNCc1ccc(OC)cc1OCOCC. The standard InChI is InChI=1S/C13H21NO3/c1-4-14-9-11-6-7-12(15-3)8-13(11)17-10-16-5-2/h6-8,14H,4-5,9-10H2,1-3H3. The number of rotatable bonds is 8. The van der Waals surface area contributed by atoms with Crippen LogP contribution in [-0.2, 0) is 11.3 Å². The predicted molar refractivity (Wildman–Crippen MR) is 67.5 cm³/mol. The number of benzene rings is 1. The third-order valence-corrected chi connectivity index (χ3v) is 2.34. The largest absolute Gasteiger partial charge is 0.497 e. The molecule has 0 bridgehead atoms. The van der Waals surface area contributed by atoms with Crippen LogP contribution >= 0.6 is 0 Å². The summed E-state index contributed by atoms with van der Waals surface area (Å²) >= 11 is 0. The van der Waals surface area contributed by atoms with Gasteiger partial charge in [-0.3, -0.25) is 0 Å². The van der Waals surface area contributed by atoms with Gasteiger partial charge in [-0.2, -0.15) is 0 Å². The molecule has 4 heteroatoms. The Labute approximate surface area is 103 Å². The van der Waals surface area contributed by atoms with Crippen LogP contribution in [0.15, 0.2) is 18.2 Å². The molecule has 0 heterocycles. The molecular formula is C13H21NO3. The molecule has 0 saturated carbocycles. The molecule has 1 N–H and O–H groups in total. The monoisotopic (exact) mass is 239 g/mol. The van der Waals surface area contributed by atoms with Crippen molar-refractivity contribution >= 4 is 0 Å². The summed E-state index contributed by atoms with van der Waals surface area (Å²) in [5, 5.41) is 3.27. The fourth-order valence-corrected chi connectivity index (χ4v) is 1.39. The van der Waals surface area contributed by atoms with Gasteiger partial charge in [-0.15, -0.1) is 0 Å². The van der Waals surface area contributed by atoms with Gasteiger partial charge in [0.2, 0.25) is 0 Å². The second-order valence-corrected chi connectivity index (χ2v) is 3.51. The zero-order valence-electron chi connectivity index (χ0n) is 10.8. The summed E-state index contributed by atoms with van der Waals surface area (Å²) in [5.74, 6) is 1.59. The summed E-state index contributed by atoms with van der Waals surface area (Å²) in [6.07, 6.45) is 0. The van der Waals surface area contributed by atoms with Crippen LogP contribution < -0.4 is 14.8 Å². The fourth-order valence-electron chi connectivity index (χ4n) is 1.39.